The van der Waals surface area contributed by atoms with Crippen LogP contribution in [0.25, 0.3) is 0 Å². The lowest BCUT2D eigenvalue weighted by Gasteiger charge is -2.38. The summed E-state index contributed by atoms with van der Waals surface area (Å²) in [7, 11) is 0. The molecule has 3 rings (SSSR count). The van der Waals surface area contributed by atoms with Crippen LogP contribution in [-0.2, 0) is 0 Å². The normalized spacial score (nSPS) is 21.6. The summed E-state index contributed by atoms with van der Waals surface area (Å²) >= 11 is 0. The van der Waals surface area contributed by atoms with Crippen LogP contribution in [0.5, 0.6) is 0 Å². The first kappa shape index (κ1) is 12.7. The Morgan fingerprint density at radius 2 is 2.20 bits per heavy atom. The summed E-state index contributed by atoms with van der Waals surface area (Å²) in [4.78, 5) is 26.3. The number of halogens is 1. The number of piperazine rings is 1. The largest absolute Gasteiger partial charge is 0.478 e. The van der Waals surface area contributed by atoms with Gasteiger partial charge in [-0.15, -0.1) is 0 Å². The molecule has 0 aliphatic carbocycles. The number of hydrogen-bond acceptors (Lipinski definition) is 3. The molecule has 2 saturated heterocycles. The third-order valence-electron chi connectivity index (χ3n) is 3.78. The van der Waals surface area contributed by atoms with Crippen molar-refractivity contribution in [2.24, 2.45) is 0 Å². The first-order valence-corrected chi connectivity index (χ1v) is 6.39. The van der Waals surface area contributed by atoms with Gasteiger partial charge in [0.2, 0.25) is 0 Å². The lowest BCUT2D eigenvalue weighted by Crippen LogP contribution is -2.52. The second-order valence-electron chi connectivity index (χ2n) is 4.92. The van der Waals surface area contributed by atoms with Crippen molar-refractivity contribution in [3.8, 4) is 0 Å². The van der Waals surface area contributed by atoms with Crippen molar-refractivity contribution < 1.29 is 19.1 Å². The molecule has 20 heavy (non-hydrogen) atoms. The lowest BCUT2D eigenvalue weighted by molar-refractivity contribution is 0.0692. The maximum absolute atomic E-state index is 13.7. The summed E-state index contributed by atoms with van der Waals surface area (Å²) in [5, 5.41) is 11.9. The van der Waals surface area contributed by atoms with Crippen LogP contribution in [0.1, 0.15) is 10.4 Å². The molecule has 6 nitrogen and oxygen atoms in total. The minimum absolute atomic E-state index is 0.00108. The van der Waals surface area contributed by atoms with Crippen molar-refractivity contribution in [3.63, 3.8) is 0 Å². The fourth-order valence-corrected chi connectivity index (χ4v) is 2.81. The van der Waals surface area contributed by atoms with Gasteiger partial charge in [0.05, 0.1) is 11.7 Å². The van der Waals surface area contributed by atoms with E-state index in [1.165, 1.54) is 6.07 Å². The minimum Gasteiger partial charge on any atom is -0.478 e. The van der Waals surface area contributed by atoms with Crippen LogP contribution in [0.3, 0.4) is 0 Å². The molecule has 0 aromatic heterocycles. The molecule has 0 bridgehead atoms. The molecule has 2 amide bonds. The van der Waals surface area contributed by atoms with Crippen LogP contribution >= 0.6 is 0 Å². The van der Waals surface area contributed by atoms with E-state index in [2.05, 4.69) is 5.32 Å². The number of anilines is 1. The van der Waals surface area contributed by atoms with E-state index in [0.717, 1.165) is 6.07 Å². The van der Waals surface area contributed by atoms with Crippen molar-refractivity contribution in [1.82, 2.24) is 10.2 Å². The number of amides is 2. The number of benzene rings is 1. The number of hydrogen-bond donors (Lipinski definition) is 2. The van der Waals surface area contributed by atoms with Gasteiger partial charge in [-0.05, 0) is 12.1 Å². The topological polar surface area (TPSA) is 72.9 Å². The molecular weight excluding hydrogens is 265 g/mol. The first-order chi connectivity index (χ1) is 9.58. The Morgan fingerprint density at radius 1 is 1.40 bits per heavy atom. The van der Waals surface area contributed by atoms with E-state index in [-0.39, 0.29) is 17.6 Å². The average molecular weight is 279 g/mol. The standard InChI is InChI=1S/C13H14FN3O3/c14-9-2-1-3-10(11(9)12(18)19)16-4-5-17-8(7-16)6-15-13(17)20/h1-3,8H,4-7H2,(H,15,20)(H,18,19). The van der Waals surface area contributed by atoms with E-state index >= 15 is 0 Å². The van der Waals surface area contributed by atoms with Gasteiger partial charge in [-0.2, -0.15) is 0 Å². The summed E-state index contributed by atoms with van der Waals surface area (Å²) in [6.45, 7) is 2.04. The number of carboxylic acid groups (broad SMARTS) is 1. The van der Waals surface area contributed by atoms with Gasteiger partial charge >= 0.3 is 12.0 Å². The summed E-state index contributed by atoms with van der Waals surface area (Å²) in [6.07, 6.45) is 0. The SMILES string of the molecule is O=C(O)c1c(F)cccc1N1CCN2C(=O)NCC2C1. The zero-order valence-electron chi connectivity index (χ0n) is 10.7. The number of fused-ring (bicyclic) bond motifs is 1. The van der Waals surface area contributed by atoms with Gasteiger partial charge in [0.25, 0.3) is 0 Å². The van der Waals surface area contributed by atoms with Crippen molar-refractivity contribution in [2.75, 3.05) is 31.1 Å². The molecule has 1 aromatic rings. The van der Waals surface area contributed by atoms with Crippen LogP contribution in [0, 0.1) is 5.82 Å². The Balaban J connectivity index is 1.89. The molecule has 2 aliphatic heterocycles. The molecule has 2 heterocycles. The molecule has 1 unspecified atom stereocenters. The second-order valence-corrected chi connectivity index (χ2v) is 4.92. The monoisotopic (exact) mass is 279 g/mol. The average Bonchev–Trinajstić information content (AvgIpc) is 2.79. The van der Waals surface area contributed by atoms with Gasteiger partial charge in [0.1, 0.15) is 11.4 Å². The van der Waals surface area contributed by atoms with E-state index in [1.54, 1.807) is 11.0 Å². The molecule has 0 spiro atoms. The zero-order valence-corrected chi connectivity index (χ0v) is 10.7. The van der Waals surface area contributed by atoms with Gasteiger partial charge in [-0.3, -0.25) is 0 Å². The Hall–Kier alpha value is -2.31. The number of nitrogens with one attached hydrogen (secondary N) is 1. The van der Waals surface area contributed by atoms with Gasteiger partial charge in [0, 0.05) is 26.2 Å². The Kier molecular flexibility index (Phi) is 2.96. The van der Waals surface area contributed by atoms with E-state index in [0.29, 0.717) is 31.9 Å². The summed E-state index contributed by atoms with van der Waals surface area (Å²) in [6, 6.07) is 4.16. The van der Waals surface area contributed by atoms with Crippen LogP contribution in [0.2, 0.25) is 0 Å². The van der Waals surface area contributed by atoms with E-state index in [4.69, 9.17) is 5.11 Å². The predicted molar refractivity (Wildman–Crippen MR) is 69.5 cm³/mol. The van der Waals surface area contributed by atoms with Gasteiger partial charge < -0.3 is 20.2 Å². The van der Waals surface area contributed by atoms with Crippen LogP contribution < -0.4 is 10.2 Å². The van der Waals surface area contributed by atoms with E-state index in [9.17, 15) is 14.0 Å². The van der Waals surface area contributed by atoms with Crippen LogP contribution in [0.15, 0.2) is 18.2 Å². The van der Waals surface area contributed by atoms with Crippen molar-refractivity contribution >= 4 is 17.7 Å². The number of carboxylic acids is 1. The van der Waals surface area contributed by atoms with Crippen LogP contribution in [-0.4, -0.2) is 54.2 Å². The summed E-state index contributed by atoms with van der Waals surface area (Å²) in [5.74, 6) is -2.01. The van der Waals surface area contributed by atoms with Gasteiger partial charge in [-0.25, -0.2) is 14.0 Å². The number of aromatic carboxylic acids is 1. The highest BCUT2D eigenvalue weighted by Crippen LogP contribution is 2.26. The fourth-order valence-electron chi connectivity index (χ4n) is 2.81. The van der Waals surface area contributed by atoms with E-state index < -0.39 is 11.8 Å². The summed E-state index contributed by atoms with van der Waals surface area (Å²) in [5.41, 5.74) is 0.0646. The molecule has 106 valence electrons. The number of urea groups is 1. The maximum Gasteiger partial charge on any atom is 0.340 e. The Bertz CT molecular complexity index is 578. The zero-order chi connectivity index (χ0) is 14.3. The lowest BCUT2D eigenvalue weighted by atomic mass is 10.1. The molecule has 1 atom stereocenters. The number of carbonyl (C=O) groups is 2. The predicted octanol–water partition coefficient (Wildman–Crippen LogP) is 0.738. The molecule has 0 radical (unpaired) electrons. The third-order valence-corrected chi connectivity index (χ3v) is 3.78. The molecule has 0 saturated carbocycles. The third kappa shape index (κ3) is 1.95. The molecule has 7 heteroatoms. The molecule has 1 aromatic carbocycles. The smallest absolute Gasteiger partial charge is 0.340 e. The summed E-state index contributed by atoms with van der Waals surface area (Å²) < 4.78 is 13.7. The van der Waals surface area contributed by atoms with Gasteiger partial charge in [0.15, 0.2) is 0 Å². The highest BCUT2D eigenvalue weighted by Gasteiger charge is 2.36. The Morgan fingerprint density at radius 3 is 2.95 bits per heavy atom. The number of rotatable bonds is 2. The first-order valence-electron chi connectivity index (χ1n) is 6.39. The minimum atomic E-state index is -1.28. The quantitative estimate of drug-likeness (QED) is 0.837. The highest BCUT2D eigenvalue weighted by atomic mass is 19.1. The highest BCUT2D eigenvalue weighted by molar-refractivity contribution is 5.95. The Labute approximate surface area is 114 Å². The van der Waals surface area contributed by atoms with Crippen molar-refractivity contribution in [3.05, 3.63) is 29.6 Å². The van der Waals surface area contributed by atoms with Gasteiger partial charge in [-0.1, -0.05) is 6.07 Å². The van der Waals surface area contributed by atoms with E-state index in [1.807, 2.05) is 4.90 Å². The number of carbonyl (C=O) groups excluding carboxylic acids is 1. The second kappa shape index (κ2) is 4.66. The van der Waals surface area contributed by atoms with Crippen molar-refractivity contribution in [1.29, 1.82) is 0 Å². The maximum atomic E-state index is 13.7. The fraction of sp³-hybridized carbons (Fsp3) is 0.385. The molecule has 2 aliphatic rings. The molecule has 2 N–H and O–H groups in total. The number of nitrogens with zero attached hydrogens (tertiary/aromatic N) is 2. The molecular formula is C13H14FN3O3. The van der Waals surface area contributed by atoms with Crippen molar-refractivity contribution in [2.45, 2.75) is 6.04 Å². The molecule has 2 fully saturated rings. The van der Waals surface area contributed by atoms with Crippen LogP contribution in [0.4, 0.5) is 14.9 Å².